The summed E-state index contributed by atoms with van der Waals surface area (Å²) < 4.78 is 0. The van der Waals surface area contributed by atoms with Crippen LogP contribution in [0.15, 0.2) is 23.1 Å². The molecule has 1 fully saturated rings. The monoisotopic (exact) mass is 251 g/mol. The van der Waals surface area contributed by atoms with E-state index in [9.17, 15) is 14.4 Å². The zero-order chi connectivity index (χ0) is 13.3. The van der Waals surface area contributed by atoms with E-state index in [1.54, 1.807) is 0 Å². The van der Waals surface area contributed by atoms with Gasteiger partial charge < -0.3 is 20.7 Å². The third kappa shape index (κ3) is 2.12. The van der Waals surface area contributed by atoms with E-state index >= 15 is 0 Å². The maximum absolute atomic E-state index is 12.0. The van der Waals surface area contributed by atoms with Crippen LogP contribution in [0.5, 0.6) is 0 Å². The van der Waals surface area contributed by atoms with Gasteiger partial charge >= 0.3 is 5.97 Å². The molecule has 1 atom stereocenters. The van der Waals surface area contributed by atoms with Gasteiger partial charge in [-0.05, 0) is 12.5 Å². The summed E-state index contributed by atoms with van der Waals surface area (Å²) in [6.45, 7) is 0.265. The first-order chi connectivity index (χ1) is 8.42. The van der Waals surface area contributed by atoms with E-state index in [4.69, 9.17) is 10.8 Å². The highest BCUT2D eigenvalue weighted by molar-refractivity contribution is 5.95. The minimum atomic E-state index is -1.38. The third-order valence-corrected chi connectivity index (χ3v) is 3.05. The Hall–Kier alpha value is -2.15. The van der Waals surface area contributed by atoms with Crippen molar-refractivity contribution in [3.05, 3.63) is 34.2 Å². The number of nitrogens with one attached hydrogen (secondary N) is 1. The van der Waals surface area contributed by atoms with Crippen LogP contribution in [0.2, 0.25) is 0 Å². The van der Waals surface area contributed by atoms with Crippen LogP contribution < -0.4 is 11.3 Å². The first-order valence-electron chi connectivity index (χ1n) is 5.43. The van der Waals surface area contributed by atoms with E-state index in [2.05, 4.69) is 4.98 Å². The summed E-state index contributed by atoms with van der Waals surface area (Å²) in [4.78, 5) is 37.6. The van der Waals surface area contributed by atoms with E-state index in [0.29, 0.717) is 12.1 Å². The smallest absolute Gasteiger partial charge is 0.325 e. The van der Waals surface area contributed by atoms with Gasteiger partial charge in [0.2, 0.25) is 5.56 Å². The number of likely N-dealkylation sites (tertiary alicyclic amines) is 1. The third-order valence-electron chi connectivity index (χ3n) is 3.05. The average molecular weight is 251 g/mol. The molecular weight excluding hydrogens is 238 g/mol. The van der Waals surface area contributed by atoms with Crippen LogP contribution in [0.4, 0.5) is 0 Å². The molecule has 4 N–H and O–H groups in total. The number of carbonyl (C=O) groups excluding carboxylic acids is 1. The fourth-order valence-electron chi connectivity index (χ4n) is 1.91. The van der Waals surface area contributed by atoms with Crippen molar-refractivity contribution in [3.63, 3.8) is 0 Å². The van der Waals surface area contributed by atoms with Crippen molar-refractivity contribution in [1.82, 2.24) is 9.88 Å². The quantitative estimate of drug-likeness (QED) is 0.623. The second kappa shape index (κ2) is 4.26. The lowest BCUT2D eigenvalue weighted by atomic mass is 10.0. The maximum atomic E-state index is 12.0. The van der Waals surface area contributed by atoms with Crippen LogP contribution in [0.1, 0.15) is 16.8 Å². The van der Waals surface area contributed by atoms with Gasteiger partial charge in [-0.3, -0.25) is 14.4 Å². The maximum Gasteiger partial charge on any atom is 0.325 e. The second-order valence-corrected chi connectivity index (χ2v) is 4.38. The van der Waals surface area contributed by atoms with Crippen LogP contribution >= 0.6 is 0 Å². The number of hydrogen-bond donors (Lipinski definition) is 3. The van der Waals surface area contributed by atoms with E-state index < -0.39 is 11.5 Å². The van der Waals surface area contributed by atoms with Crippen LogP contribution in [0.25, 0.3) is 0 Å². The van der Waals surface area contributed by atoms with Crippen molar-refractivity contribution in [2.45, 2.75) is 12.0 Å². The number of nitrogens with zero attached hydrogens (tertiary/aromatic N) is 1. The number of hydrogen-bond acceptors (Lipinski definition) is 4. The SMILES string of the molecule is NC1(C(=O)O)CCN(C(=O)c2ccc(=O)[nH]c2)C1. The molecule has 0 radical (unpaired) electrons. The molecule has 2 heterocycles. The standard InChI is InChI=1S/C11H13N3O4/c12-11(10(17)18)3-4-14(6-11)9(16)7-1-2-8(15)13-5-7/h1-2,5H,3-4,6,12H2,(H,13,15)(H,17,18). The summed E-state index contributed by atoms with van der Waals surface area (Å²) in [6.07, 6.45) is 1.53. The lowest BCUT2D eigenvalue weighted by Gasteiger charge is -2.20. The van der Waals surface area contributed by atoms with E-state index in [1.807, 2.05) is 0 Å². The van der Waals surface area contributed by atoms with Gasteiger partial charge in [-0.15, -0.1) is 0 Å². The van der Waals surface area contributed by atoms with Crippen molar-refractivity contribution < 1.29 is 14.7 Å². The van der Waals surface area contributed by atoms with Gasteiger partial charge in [-0.2, -0.15) is 0 Å². The Morgan fingerprint density at radius 1 is 1.44 bits per heavy atom. The minimum absolute atomic E-state index is 0.0275. The molecule has 2 rings (SSSR count). The zero-order valence-corrected chi connectivity index (χ0v) is 9.55. The summed E-state index contributed by atoms with van der Waals surface area (Å²) in [5.74, 6) is -1.45. The Balaban J connectivity index is 2.15. The molecule has 96 valence electrons. The summed E-state index contributed by atoms with van der Waals surface area (Å²) >= 11 is 0. The molecule has 1 amide bonds. The highest BCUT2D eigenvalue weighted by Crippen LogP contribution is 2.20. The molecule has 1 aliphatic heterocycles. The summed E-state index contributed by atoms with van der Waals surface area (Å²) in [5, 5.41) is 8.97. The van der Waals surface area contributed by atoms with E-state index in [1.165, 1.54) is 23.2 Å². The van der Waals surface area contributed by atoms with Crippen LogP contribution in [0, 0.1) is 0 Å². The van der Waals surface area contributed by atoms with Gasteiger partial charge in [0, 0.05) is 25.4 Å². The number of carbonyl (C=O) groups is 2. The number of carboxylic acid groups (broad SMARTS) is 1. The fourth-order valence-corrected chi connectivity index (χ4v) is 1.91. The molecule has 7 heteroatoms. The number of aromatic nitrogens is 1. The van der Waals surface area contributed by atoms with Gasteiger partial charge in [0.1, 0.15) is 5.54 Å². The molecular formula is C11H13N3O4. The average Bonchev–Trinajstić information content (AvgIpc) is 2.73. The lowest BCUT2D eigenvalue weighted by molar-refractivity contribution is -0.142. The number of H-pyrrole nitrogens is 1. The largest absolute Gasteiger partial charge is 0.480 e. The second-order valence-electron chi connectivity index (χ2n) is 4.38. The number of nitrogens with two attached hydrogens (primary N) is 1. The first-order valence-corrected chi connectivity index (χ1v) is 5.43. The van der Waals surface area contributed by atoms with Crippen molar-refractivity contribution in [3.8, 4) is 0 Å². The Labute approximate surface area is 102 Å². The van der Waals surface area contributed by atoms with Crippen LogP contribution in [-0.4, -0.2) is 45.5 Å². The van der Waals surface area contributed by atoms with Crippen LogP contribution in [-0.2, 0) is 4.79 Å². The molecule has 7 nitrogen and oxygen atoms in total. The van der Waals surface area contributed by atoms with Crippen molar-refractivity contribution in [2.75, 3.05) is 13.1 Å². The molecule has 1 unspecified atom stereocenters. The number of aromatic amines is 1. The molecule has 0 saturated carbocycles. The van der Waals surface area contributed by atoms with Gasteiger partial charge in [-0.1, -0.05) is 0 Å². The summed E-state index contributed by atoms with van der Waals surface area (Å²) in [7, 11) is 0. The normalized spacial score (nSPS) is 23.1. The Bertz CT molecular complexity index is 533. The molecule has 1 aliphatic rings. The van der Waals surface area contributed by atoms with Crippen LogP contribution in [0.3, 0.4) is 0 Å². The number of carboxylic acids is 1. The predicted octanol–water partition coefficient (Wildman–Crippen LogP) is -0.997. The lowest BCUT2D eigenvalue weighted by Crippen LogP contribution is -2.50. The number of pyridine rings is 1. The van der Waals surface area contributed by atoms with Crippen molar-refractivity contribution in [2.24, 2.45) is 5.73 Å². The Morgan fingerprint density at radius 3 is 2.67 bits per heavy atom. The topological polar surface area (TPSA) is 116 Å². The van der Waals surface area contributed by atoms with Gasteiger partial charge in [0.25, 0.3) is 5.91 Å². The Morgan fingerprint density at radius 2 is 2.17 bits per heavy atom. The molecule has 1 saturated heterocycles. The first kappa shape index (κ1) is 12.3. The number of rotatable bonds is 2. The van der Waals surface area contributed by atoms with Crippen molar-refractivity contribution in [1.29, 1.82) is 0 Å². The van der Waals surface area contributed by atoms with Gasteiger partial charge in [0.15, 0.2) is 0 Å². The molecule has 0 spiro atoms. The molecule has 1 aromatic rings. The molecule has 0 aliphatic carbocycles. The molecule has 1 aromatic heterocycles. The predicted molar refractivity (Wildman–Crippen MR) is 62.1 cm³/mol. The summed E-state index contributed by atoms with van der Waals surface area (Å²) in [6, 6.07) is 2.65. The van der Waals surface area contributed by atoms with Gasteiger partial charge in [-0.25, -0.2) is 0 Å². The Kier molecular flexibility index (Phi) is 2.92. The number of amides is 1. The van der Waals surface area contributed by atoms with Crippen molar-refractivity contribution >= 4 is 11.9 Å². The highest BCUT2D eigenvalue weighted by atomic mass is 16.4. The molecule has 0 aromatic carbocycles. The molecule has 18 heavy (non-hydrogen) atoms. The fraction of sp³-hybridized carbons (Fsp3) is 0.364. The summed E-state index contributed by atoms with van der Waals surface area (Å²) in [5.41, 5.74) is 4.31. The minimum Gasteiger partial charge on any atom is -0.480 e. The molecule has 0 bridgehead atoms. The van der Waals surface area contributed by atoms with E-state index in [-0.39, 0.29) is 24.4 Å². The highest BCUT2D eigenvalue weighted by Gasteiger charge is 2.43. The zero-order valence-electron chi connectivity index (χ0n) is 9.55. The van der Waals surface area contributed by atoms with E-state index in [0.717, 1.165) is 0 Å². The number of aliphatic carboxylic acids is 1. The van der Waals surface area contributed by atoms with Gasteiger partial charge in [0.05, 0.1) is 5.56 Å².